The third kappa shape index (κ3) is 3.47. The molecule has 0 bridgehead atoms. The van der Waals surface area contributed by atoms with Crippen LogP contribution in [0.3, 0.4) is 0 Å². The van der Waals surface area contributed by atoms with Crippen molar-refractivity contribution in [2.45, 2.75) is 51.9 Å². The first kappa shape index (κ1) is 12.5. The normalized spacial score (nSPS) is 37.7. The minimum absolute atomic E-state index is 0.184. The van der Waals surface area contributed by atoms with E-state index in [4.69, 9.17) is 10.5 Å². The lowest BCUT2D eigenvalue weighted by Gasteiger charge is -2.37. The molecule has 86 valence electrons. The van der Waals surface area contributed by atoms with Gasteiger partial charge < -0.3 is 10.5 Å². The molecule has 1 fully saturated rings. The summed E-state index contributed by atoms with van der Waals surface area (Å²) < 4.78 is 5.90. The Morgan fingerprint density at radius 3 is 2.80 bits per heavy atom. The highest BCUT2D eigenvalue weighted by atomic mass is 16.5. The van der Waals surface area contributed by atoms with Gasteiger partial charge in [0, 0.05) is 6.04 Å². The van der Waals surface area contributed by atoms with Crippen molar-refractivity contribution in [1.29, 1.82) is 0 Å². The molecular weight excluding hydrogens is 186 g/mol. The van der Waals surface area contributed by atoms with Crippen molar-refractivity contribution in [2.75, 3.05) is 0 Å². The van der Waals surface area contributed by atoms with E-state index in [1.54, 1.807) is 0 Å². The first-order valence-corrected chi connectivity index (χ1v) is 5.74. The third-order valence-electron chi connectivity index (χ3n) is 3.27. The summed E-state index contributed by atoms with van der Waals surface area (Å²) in [5.41, 5.74) is 7.17. The van der Waals surface area contributed by atoms with Crippen molar-refractivity contribution in [3.05, 3.63) is 24.3 Å². The van der Waals surface area contributed by atoms with Crippen LogP contribution in [0, 0.1) is 5.92 Å². The predicted molar refractivity (Wildman–Crippen MR) is 64.7 cm³/mol. The molecule has 0 aromatic rings. The summed E-state index contributed by atoms with van der Waals surface area (Å²) in [6, 6.07) is 0.195. The molecule has 0 spiro atoms. The monoisotopic (exact) mass is 209 g/mol. The van der Waals surface area contributed by atoms with Crippen LogP contribution in [0.5, 0.6) is 0 Å². The van der Waals surface area contributed by atoms with Gasteiger partial charge in [0.25, 0.3) is 0 Å². The van der Waals surface area contributed by atoms with Gasteiger partial charge in [-0.05, 0) is 32.6 Å². The lowest BCUT2D eigenvalue weighted by atomic mass is 9.88. The standard InChI is InChI=1S/C13H23NO/c1-5-9(2)6-7-13-10(3)8-12(14)11(4)15-13/h5-6,10-13H,1,7-8,14H2,2-4H3/b9-6+. The first-order valence-electron chi connectivity index (χ1n) is 5.74. The van der Waals surface area contributed by atoms with Crippen molar-refractivity contribution in [3.63, 3.8) is 0 Å². The third-order valence-corrected chi connectivity index (χ3v) is 3.27. The number of hydrogen-bond donors (Lipinski definition) is 1. The Morgan fingerprint density at radius 2 is 2.20 bits per heavy atom. The molecule has 4 atom stereocenters. The molecule has 1 heterocycles. The maximum atomic E-state index is 5.96. The quantitative estimate of drug-likeness (QED) is 0.725. The van der Waals surface area contributed by atoms with Crippen LogP contribution in [-0.4, -0.2) is 18.2 Å². The van der Waals surface area contributed by atoms with Crippen LogP contribution in [0.15, 0.2) is 24.3 Å². The minimum atomic E-state index is 0.184. The first-order chi connectivity index (χ1) is 7.04. The molecule has 1 aliphatic rings. The average molecular weight is 209 g/mol. The molecule has 0 radical (unpaired) electrons. The Bertz CT molecular complexity index is 247. The fourth-order valence-corrected chi connectivity index (χ4v) is 1.96. The van der Waals surface area contributed by atoms with Gasteiger partial charge in [0.2, 0.25) is 0 Å². The van der Waals surface area contributed by atoms with E-state index >= 15 is 0 Å². The topological polar surface area (TPSA) is 35.2 Å². The highest BCUT2D eigenvalue weighted by molar-refractivity contribution is 5.13. The van der Waals surface area contributed by atoms with Crippen molar-refractivity contribution in [3.8, 4) is 0 Å². The zero-order chi connectivity index (χ0) is 11.4. The Labute approximate surface area is 93.2 Å². The summed E-state index contributed by atoms with van der Waals surface area (Å²) in [6.45, 7) is 10.1. The molecule has 2 heteroatoms. The number of rotatable bonds is 3. The zero-order valence-electron chi connectivity index (χ0n) is 10.1. The molecule has 1 saturated heterocycles. The van der Waals surface area contributed by atoms with E-state index < -0.39 is 0 Å². The smallest absolute Gasteiger partial charge is 0.0702 e. The van der Waals surface area contributed by atoms with Gasteiger partial charge in [0.05, 0.1) is 12.2 Å². The van der Waals surface area contributed by atoms with Gasteiger partial charge in [-0.2, -0.15) is 0 Å². The number of hydrogen-bond acceptors (Lipinski definition) is 2. The molecule has 0 amide bonds. The van der Waals surface area contributed by atoms with Crippen LogP contribution in [0.25, 0.3) is 0 Å². The Balaban J connectivity index is 2.51. The Kier molecular flexibility index (Phi) is 4.55. The van der Waals surface area contributed by atoms with Gasteiger partial charge in [-0.25, -0.2) is 0 Å². The molecule has 0 aliphatic carbocycles. The van der Waals surface area contributed by atoms with Gasteiger partial charge in [-0.3, -0.25) is 0 Å². The van der Waals surface area contributed by atoms with E-state index in [1.807, 2.05) is 6.08 Å². The fourth-order valence-electron chi connectivity index (χ4n) is 1.96. The van der Waals surface area contributed by atoms with Crippen molar-refractivity contribution in [1.82, 2.24) is 0 Å². The maximum absolute atomic E-state index is 5.96. The van der Waals surface area contributed by atoms with Crippen molar-refractivity contribution < 1.29 is 4.74 Å². The molecule has 0 saturated carbocycles. The second-order valence-corrected chi connectivity index (χ2v) is 4.64. The molecule has 1 rings (SSSR count). The zero-order valence-corrected chi connectivity index (χ0v) is 10.1. The molecule has 1 aliphatic heterocycles. The molecular formula is C13H23NO. The second kappa shape index (κ2) is 5.47. The van der Waals surface area contributed by atoms with Crippen LogP contribution in [0.2, 0.25) is 0 Å². The van der Waals surface area contributed by atoms with Crippen LogP contribution in [-0.2, 0) is 4.74 Å². The average Bonchev–Trinajstić information content (AvgIpc) is 2.21. The SMILES string of the molecule is C=C/C(C)=C/CC1OC(C)C(N)CC1C. The second-order valence-electron chi connectivity index (χ2n) is 4.64. The van der Waals surface area contributed by atoms with Gasteiger partial charge in [-0.1, -0.05) is 31.2 Å². The lowest BCUT2D eigenvalue weighted by Crippen LogP contribution is -2.46. The van der Waals surface area contributed by atoms with E-state index in [2.05, 4.69) is 33.4 Å². The van der Waals surface area contributed by atoms with Crippen molar-refractivity contribution in [2.24, 2.45) is 11.7 Å². The fraction of sp³-hybridized carbons (Fsp3) is 0.692. The minimum Gasteiger partial charge on any atom is -0.373 e. The molecule has 4 unspecified atom stereocenters. The molecule has 2 nitrogen and oxygen atoms in total. The van der Waals surface area contributed by atoms with Crippen molar-refractivity contribution >= 4 is 0 Å². The largest absolute Gasteiger partial charge is 0.373 e. The summed E-state index contributed by atoms with van der Waals surface area (Å²) in [6.07, 6.45) is 6.60. The summed E-state index contributed by atoms with van der Waals surface area (Å²) in [5.74, 6) is 0.546. The highest BCUT2D eigenvalue weighted by Crippen LogP contribution is 2.26. The number of allylic oxidation sites excluding steroid dienone is 2. The summed E-state index contributed by atoms with van der Waals surface area (Å²) in [7, 11) is 0. The number of ether oxygens (including phenoxy) is 1. The maximum Gasteiger partial charge on any atom is 0.0702 e. The lowest BCUT2D eigenvalue weighted by molar-refractivity contribution is -0.0784. The molecule has 0 aromatic heterocycles. The van der Waals surface area contributed by atoms with E-state index in [9.17, 15) is 0 Å². The Hall–Kier alpha value is -0.600. The van der Waals surface area contributed by atoms with Crippen LogP contribution in [0.1, 0.15) is 33.6 Å². The molecule has 0 aromatic carbocycles. The molecule has 2 N–H and O–H groups in total. The summed E-state index contributed by atoms with van der Waals surface area (Å²) >= 11 is 0. The highest BCUT2D eigenvalue weighted by Gasteiger charge is 2.30. The van der Waals surface area contributed by atoms with E-state index in [0.29, 0.717) is 12.0 Å². The van der Waals surface area contributed by atoms with Gasteiger partial charge in [0.15, 0.2) is 0 Å². The van der Waals surface area contributed by atoms with Gasteiger partial charge >= 0.3 is 0 Å². The van der Waals surface area contributed by atoms with Crippen LogP contribution in [0.4, 0.5) is 0 Å². The summed E-state index contributed by atoms with van der Waals surface area (Å²) in [5, 5.41) is 0. The predicted octanol–water partition coefficient (Wildman–Crippen LogP) is 2.65. The van der Waals surface area contributed by atoms with E-state index in [0.717, 1.165) is 12.8 Å². The summed E-state index contributed by atoms with van der Waals surface area (Å²) in [4.78, 5) is 0. The molecule has 15 heavy (non-hydrogen) atoms. The van der Waals surface area contributed by atoms with Crippen LogP contribution < -0.4 is 5.73 Å². The van der Waals surface area contributed by atoms with Gasteiger partial charge in [-0.15, -0.1) is 0 Å². The number of nitrogens with two attached hydrogens (primary N) is 1. The van der Waals surface area contributed by atoms with E-state index in [-0.39, 0.29) is 12.1 Å². The van der Waals surface area contributed by atoms with Gasteiger partial charge in [0.1, 0.15) is 0 Å². The Morgan fingerprint density at radius 1 is 1.53 bits per heavy atom. The van der Waals surface area contributed by atoms with E-state index in [1.165, 1.54) is 5.57 Å². The van der Waals surface area contributed by atoms with Crippen LogP contribution >= 0.6 is 0 Å².